The van der Waals surface area contributed by atoms with Gasteiger partial charge in [0.25, 0.3) is 0 Å². The van der Waals surface area contributed by atoms with Crippen LogP contribution in [0.3, 0.4) is 0 Å². The zero-order valence-electron chi connectivity index (χ0n) is 11.8. The predicted octanol–water partition coefficient (Wildman–Crippen LogP) is 2.86. The second kappa shape index (κ2) is 7.55. The fourth-order valence-electron chi connectivity index (χ4n) is 2.69. The molecular weight excluding hydrogens is 262 g/mol. The summed E-state index contributed by atoms with van der Waals surface area (Å²) in [5.41, 5.74) is 0.827. The highest BCUT2D eigenvalue weighted by Gasteiger charge is 2.22. The Balaban J connectivity index is 2.09. The first-order valence-corrected chi connectivity index (χ1v) is 7.18. The van der Waals surface area contributed by atoms with E-state index in [2.05, 4.69) is 21.9 Å². The van der Waals surface area contributed by atoms with Crippen LogP contribution >= 0.6 is 0 Å². The van der Waals surface area contributed by atoms with E-state index >= 15 is 0 Å². The highest BCUT2D eigenvalue weighted by Crippen LogP contribution is 2.23. The molecule has 0 amide bonds. The van der Waals surface area contributed by atoms with Gasteiger partial charge in [-0.05, 0) is 32.0 Å². The van der Waals surface area contributed by atoms with Crippen molar-refractivity contribution in [3.63, 3.8) is 0 Å². The van der Waals surface area contributed by atoms with Gasteiger partial charge in [0.2, 0.25) is 0 Å². The van der Waals surface area contributed by atoms with Crippen LogP contribution in [0.15, 0.2) is 24.3 Å². The molecule has 3 nitrogen and oxygen atoms in total. The van der Waals surface area contributed by atoms with E-state index in [1.165, 1.54) is 0 Å². The average molecular weight is 284 g/mol. The fraction of sp³-hybridized carbons (Fsp3) is 0.600. The predicted molar refractivity (Wildman–Crippen MR) is 75.0 cm³/mol. The minimum absolute atomic E-state index is 0.287. The second-order valence-corrected chi connectivity index (χ2v) is 5.10. The Kier molecular flexibility index (Phi) is 5.73. The molecule has 2 rings (SSSR count). The van der Waals surface area contributed by atoms with Gasteiger partial charge in [-0.2, -0.15) is 8.78 Å². The summed E-state index contributed by atoms with van der Waals surface area (Å²) in [5.74, 6) is 0.287. The molecule has 1 atom stereocenters. The Morgan fingerprint density at radius 1 is 1.40 bits per heavy atom. The molecule has 5 heteroatoms. The summed E-state index contributed by atoms with van der Waals surface area (Å²) < 4.78 is 29.5. The van der Waals surface area contributed by atoms with Gasteiger partial charge in [-0.3, -0.25) is 4.90 Å². The van der Waals surface area contributed by atoms with Crippen LogP contribution in [0.2, 0.25) is 0 Å². The molecule has 0 saturated carbocycles. The van der Waals surface area contributed by atoms with E-state index in [0.29, 0.717) is 12.6 Å². The van der Waals surface area contributed by atoms with Gasteiger partial charge in [0.05, 0.1) is 0 Å². The Bertz CT molecular complexity index is 409. The Morgan fingerprint density at radius 3 is 2.85 bits per heavy atom. The summed E-state index contributed by atoms with van der Waals surface area (Å²) in [7, 11) is 0. The average Bonchev–Trinajstić information content (AvgIpc) is 2.93. The third-order valence-electron chi connectivity index (χ3n) is 3.62. The number of alkyl halides is 2. The molecule has 0 aromatic heterocycles. The molecule has 1 saturated heterocycles. The third kappa shape index (κ3) is 4.15. The van der Waals surface area contributed by atoms with Gasteiger partial charge >= 0.3 is 6.61 Å². The molecule has 1 aliphatic rings. The minimum Gasteiger partial charge on any atom is -0.434 e. The topological polar surface area (TPSA) is 24.5 Å². The highest BCUT2D eigenvalue weighted by molar-refractivity contribution is 5.33. The number of halogens is 2. The van der Waals surface area contributed by atoms with Crippen LogP contribution in [0.25, 0.3) is 0 Å². The summed E-state index contributed by atoms with van der Waals surface area (Å²) in [6.45, 7) is 2.98. The molecule has 0 spiro atoms. The molecule has 1 fully saturated rings. The SMILES string of the molecule is CCCN(Cc1ccccc1OC(F)F)C1CCNC1. The van der Waals surface area contributed by atoms with Crippen molar-refractivity contribution in [2.75, 3.05) is 19.6 Å². The number of rotatable bonds is 7. The maximum Gasteiger partial charge on any atom is 0.387 e. The molecular formula is C15H22F2N2O. The van der Waals surface area contributed by atoms with E-state index in [0.717, 1.165) is 38.0 Å². The van der Waals surface area contributed by atoms with Crippen molar-refractivity contribution in [1.29, 1.82) is 0 Å². The van der Waals surface area contributed by atoms with Gasteiger partial charge in [-0.15, -0.1) is 0 Å². The number of nitrogens with zero attached hydrogens (tertiary/aromatic N) is 1. The van der Waals surface area contributed by atoms with Crippen LogP contribution in [-0.4, -0.2) is 37.2 Å². The molecule has 0 radical (unpaired) electrons. The largest absolute Gasteiger partial charge is 0.434 e. The fourth-order valence-corrected chi connectivity index (χ4v) is 2.69. The number of ether oxygens (including phenoxy) is 1. The standard InChI is InChI=1S/C15H22F2N2O/c1-2-9-19(13-7-8-18-10-13)11-12-5-3-4-6-14(12)20-15(16)17/h3-6,13,15,18H,2,7-11H2,1H3. The lowest BCUT2D eigenvalue weighted by Gasteiger charge is -2.28. The lowest BCUT2D eigenvalue weighted by atomic mass is 10.1. The first kappa shape index (κ1) is 15.2. The molecule has 1 aromatic carbocycles. The van der Waals surface area contributed by atoms with Gasteiger partial charge in [0, 0.05) is 24.7 Å². The zero-order valence-corrected chi connectivity index (χ0v) is 11.8. The molecule has 1 heterocycles. The van der Waals surface area contributed by atoms with Crippen molar-refractivity contribution in [2.45, 2.75) is 39.0 Å². The molecule has 1 aliphatic heterocycles. The third-order valence-corrected chi connectivity index (χ3v) is 3.62. The Morgan fingerprint density at radius 2 is 2.20 bits per heavy atom. The number of benzene rings is 1. The van der Waals surface area contributed by atoms with Crippen molar-refractivity contribution >= 4 is 0 Å². The molecule has 20 heavy (non-hydrogen) atoms. The lowest BCUT2D eigenvalue weighted by Crippen LogP contribution is -2.37. The van der Waals surface area contributed by atoms with Crippen LogP contribution < -0.4 is 10.1 Å². The summed E-state index contributed by atoms with van der Waals surface area (Å²) in [4.78, 5) is 2.35. The summed E-state index contributed by atoms with van der Waals surface area (Å²) in [6, 6.07) is 7.55. The number of hydrogen-bond donors (Lipinski definition) is 1. The molecule has 1 unspecified atom stereocenters. The van der Waals surface area contributed by atoms with E-state index in [1.54, 1.807) is 12.1 Å². The lowest BCUT2D eigenvalue weighted by molar-refractivity contribution is -0.0508. The smallest absolute Gasteiger partial charge is 0.387 e. The monoisotopic (exact) mass is 284 g/mol. The van der Waals surface area contributed by atoms with Crippen molar-refractivity contribution in [3.05, 3.63) is 29.8 Å². The van der Waals surface area contributed by atoms with Crippen molar-refractivity contribution in [3.8, 4) is 5.75 Å². The van der Waals surface area contributed by atoms with E-state index in [9.17, 15) is 8.78 Å². The minimum atomic E-state index is -2.77. The van der Waals surface area contributed by atoms with Crippen molar-refractivity contribution < 1.29 is 13.5 Å². The molecule has 0 aliphatic carbocycles. The van der Waals surface area contributed by atoms with Gasteiger partial charge < -0.3 is 10.1 Å². The number of para-hydroxylation sites is 1. The van der Waals surface area contributed by atoms with Gasteiger partial charge in [0.15, 0.2) is 0 Å². The van der Waals surface area contributed by atoms with Crippen LogP contribution in [0.5, 0.6) is 5.75 Å². The highest BCUT2D eigenvalue weighted by atomic mass is 19.3. The zero-order chi connectivity index (χ0) is 14.4. The maximum atomic E-state index is 12.4. The van der Waals surface area contributed by atoms with E-state index in [4.69, 9.17) is 0 Å². The van der Waals surface area contributed by atoms with Gasteiger partial charge in [0.1, 0.15) is 5.75 Å². The Labute approximate surface area is 118 Å². The first-order chi connectivity index (χ1) is 9.70. The van der Waals surface area contributed by atoms with E-state index in [-0.39, 0.29) is 5.75 Å². The number of nitrogens with one attached hydrogen (secondary N) is 1. The summed E-state index contributed by atoms with van der Waals surface area (Å²) >= 11 is 0. The van der Waals surface area contributed by atoms with Crippen LogP contribution in [0.1, 0.15) is 25.3 Å². The molecule has 1 N–H and O–H groups in total. The molecule has 112 valence electrons. The maximum absolute atomic E-state index is 12.4. The quantitative estimate of drug-likeness (QED) is 0.833. The van der Waals surface area contributed by atoms with Gasteiger partial charge in [-0.25, -0.2) is 0 Å². The van der Waals surface area contributed by atoms with E-state index in [1.807, 2.05) is 12.1 Å². The Hall–Kier alpha value is -1.20. The second-order valence-electron chi connectivity index (χ2n) is 5.10. The first-order valence-electron chi connectivity index (χ1n) is 7.18. The van der Waals surface area contributed by atoms with Crippen molar-refractivity contribution in [1.82, 2.24) is 10.2 Å². The van der Waals surface area contributed by atoms with Crippen LogP contribution in [0, 0.1) is 0 Å². The molecule has 1 aromatic rings. The molecule has 0 bridgehead atoms. The summed E-state index contributed by atoms with van der Waals surface area (Å²) in [5, 5.41) is 3.35. The van der Waals surface area contributed by atoms with Gasteiger partial charge in [-0.1, -0.05) is 25.1 Å². The normalized spacial score (nSPS) is 18.9. The van der Waals surface area contributed by atoms with Crippen LogP contribution in [0.4, 0.5) is 8.78 Å². The summed E-state index contributed by atoms with van der Waals surface area (Å²) in [6.07, 6.45) is 2.16. The van der Waals surface area contributed by atoms with Crippen LogP contribution in [-0.2, 0) is 6.54 Å². The number of hydrogen-bond acceptors (Lipinski definition) is 3. The van der Waals surface area contributed by atoms with Crippen molar-refractivity contribution in [2.24, 2.45) is 0 Å². The van der Waals surface area contributed by atoms with E-state index < -0.39 is 6.61 Å².